The van der Waals surface area contributed by atoms with Crippen molar-refractivity contribution in [3.05, 3.63) is 89.6 Å². The molecular weight excluding hydrogens is 334 g/mol. The first-order valence-electron chi connectivity index (χ1n) is 9.08. The van der Waals surface area contributed by atoms with Gasteiger partial charge in [-0.3, -0.25) is 4.79 Å². The summed E-state index contributed by atoms with van der Waals surface area (Å²) in [6.07, 6.45) is 1.65. The smallest absolute Gasteiger partial charge is 0.251 e. The summed E-state index contributed by atoms with van der Waals surface area (Å²) in [7, 11) is 0. The third kappa shape index (κ3) is 4.94. The van der Waals surface area contributed by atoms with Gasteiger partial charge in [0.15, 0.2) is 0 Å². The van der Waals surface area contributed by atoms with E-state index >= 15 is 0 Å². The normalized spacial score (nSPS) is 11.1. The van der Waals surface area contributed by atoms with E-state index in [1.807, 2.05) is 48.5 Å². The monoisotopic (exact) mass is 359 g/mol. The lowest BCUT2D eigenvalue weighted by molar-refractivity contribution is 0.0951. The van der Waals surface area contributed by atoms with Crippen LogP contribution in [0.25, 0.3) is 0 Å². The van der Waals surface area contributed by atoms with E-state index in [1.165, 1.54) is 5.56 Å². The van der Waals surface area contributed by atoms with Crippen molar-refractivity contribution in [1.82, 2.24) is 10.3 Å². The highest BCUT2D eigenvalue weighted by molar-refractivity contribution is 5.94. The number of nitrogens with zero attached hydrogens (tertiary/aromatic N) is 1. The summed E-state index contributed by atoms with van der Waals surface area (Å²) in [4.78, 5) is 16.8. The van der Waals surface area contributed by atoms with Crippen LogP contribution in [0.15, 0.2) is 72.9 Å². The van der Waals surface area contributed by atoms with Gasteiger partial charge in [0.25, 0.3) is 5.91 Å². The van der Waals surface area contributed by atoms with Crippen LogP contribution in [0.1, 0.15) is 42.3 Å². The Morgan fingerprint density at radius 1 is 0.963 bits per heavy atom. The first-order valence-corrected chi connectivity index (χ1v) is 9.08. The molecule has 0 unspecified atom stereocenters. The van der Waals surface area contributed by atoms with Gasteiger partial charge in [-0.25, -0.2) is 4.98 Å². The van der Waals surface area contributed by atoms with Crippen LogP contribution in [-0.2, 0) is 12.0 Å². The van der Waals surface area contributed by atoms with Crippen LogP contribution in [-0.4, -0.2) is 10.9 Å². The number of para-hydroxylation sites is 1. The standard InChI is InChI=1S/C23H25N3O/c1-23(2,3)19-11-7-8-12-20(19)26-21-15-18(13-14-24-21)22(27)25-16-17-9-5-4-6-10-17/h4-15H,16H2,1-3H3,(H,24,26)(H,25,27). The molecule has 1 amide bonds. The maximum absolute atomic E-state index is 12.5. The molecule has 0 atom stereocenters. The fourth-order valence-corrected chi connectivity index (χ4v) is 2.90. The van der Waals surface area contributed by atoms with Crippen LogP contribution < -0.4 is 10.6 Å². The SMILES string of the molecule is CC(C)(C)c1ccccc1Nc1cc(C(=O)NCc2ccccc2)ccn1. The van der Waals surface area contributed by atoms with E-state index in [0.29, 0.717) is 17.9 Å². The van der Waals surface area contributed by atoms with Crippen LogP contribution >= 0.6 is 0 Å². The van der Waals surface area contributed by atoms with Crippen molar-refractivity contribution < 1.29 is 4.79 Å². The third-order valence-electron chi connectivity index (χ3n) is 4.32. The third-order valence-corrected chi connectivity index (χ3v) is 4.32. The molecule has 0 aliphatic heterocycles. The van der Waals surface area contributed by atoms with Gasteiger partial charge >= 0.3 is 0 Å². The first kappa shape index (κ1) is 18.6. The van der Waals surface area contributed by atoms with E-state index in [0.717, 1.165) is 11.3 Å². The summed E-state index contributed by atoms with van der Waals surface area (Å²) in [6.45, 7) is 7.02. The van der Waals surface area contributed by atoms with Gasteiger partial charge in [-0.05, 0) is 34.7 Å². The minimum absolute atomic E-state index is 0.00820. The molecule has 0 fully saturated rings. The molecule has 0 saturated heterocycles. The summed E-state index contributed by atoms with van der Waals surface area (Å²) in [5.41, 5.74) is 3.85. The van der Waals surface area contributed by atoms with Crippen LogP contribution in [0, 0.1) is 0 Å². The molecule has 0 bridgehead atoms. The zero-order valence-electron chi connectivity index (χ0n) is 16.0. The number of hydrogen-bond donors (Lipinski definition) is 2. The van der Waals surface area contributed by atoms with Crippen molar-refractivity contribution in [2.45, 2.75) is 32.7 Å². The highest BCUT2D eigenvalue weighted by Gasteiger charge is 2.18. The van der Waals surface area contributed by atoms with Crippen LogP contribution in [0.2, 0.25) is 0 Å². The molecule has 138 valence electrons. The summed E-state index contributed by atoms with van der Waals surface area (Å²) >= 11 is 0. The molecule has 3 rings (SSSR count). The second-order valence-corrected chi connectivity index (χ2v) is 7.52. The van der Waals surface area contributed by atoms with Crippen molar-refractivity contribution in [3.8, 4) is 0 Å². The second kappa shape index (κ2) is 8.04. The van der Waals surface area contributed by atoms with E-state index < -0.39 is 0 Å². The number of pyridine rings is 1. The number of amides is 1. The van der Waals surface area contributed by atoms with Crippen molar-refractivity contribution in [3.63, 3.8) is 0 Å². The Balaban J connectivity index is 1.74. The molecule has 4 heteroatoms. The largest absolute Gasteiger partial charge is 0.348 e. The van der Waals surface area contributed by atoms with E-state index in [4.69, 9.17) is 0 Å². The average Bonchev–Trinajstić information content (AvgIpc) is 2.67. The number of anilines is 2. The Hall–Kier alpha value is -3.14. The van der Waals surface area contributed by atoms with Crippen molar-refractivity contribution in [2.24, 2.45) is 0 Å². The van der Waals surface area contributed by atoms with Gasteiger partial charge in [0, 0.05) is 24.0 Å². The zero-order chi connectivity index (χ0) is 19.3. The van der Waals surface area contributed by atoms with Crippen molar-refractivity contribution in [2.75, 3.05) is 5.32 Å². The molecule has 27 heavy (non-hydrogen) atoms. The Morgan fingerprint density at radius 3 is 2.41 bits per heavy atom. The highest BCUT2D eigenvalue weighted by atomic mass is 16.1. The molecule has 1 heterocycles. The fourth-order valence-electron chi connectivity index (χ4n) is 2.90. The summed E-state index contributed by atoms with van der Waals surface area (Å²) < 4.78 is 0. The average molecular weight is 359 g/mol. The van der Waals surface area contributed by atoms with Gasteiger partial charge in [0.05, 0.1) is 0 Å². The van der Waals surface area contributed by atoms with Crippen LogP contribution in [0.4, 0.5) is 11.5 Å². The van der Waals surface area contributed by atoms with Crippen LogP contribution in [0.5, 0.6) is 0 Å². The maximum Gasteiger partial charge on any atom is 0.251 e. The quantitative estimate of drug-likeness (QED) is 0.670. The molecular formula is C23H25N3O. The Bertz CT molecular complexity index is 914. The lowest BCUT2D eigenvalue weighted by Gasteiger charge is -2.23. The number of rotatable bonds is 5. The lowest BCUT2D eigenvalue weighted by Crippen LogP contribution is -2.22. The van der Waals surface area contributed by atoms with Gasteiger partial charge in [-0.2, -0.15) is 0 Å². The zero-order valence-corrected chi connectivity index (χ0v) is 16.0. The lowest BCUT2D eigenvalue weighted by atomic mass is 9.86. The summed E-state index contributed by atoms with van der Waals surface area (Å²) in [6, 6.07) is 21.5. The molecule has 3 aromatic rings. The summed E-state index contributed by atoms with van der Waals surface area (Å²) in [5.74, 6) is 0.535. The molecule has 0 saturated carbocycles. The minimum atomic E-state index is -0.117. The molecule has 0 aliphatic rings. The predicted octanol–water partition coefficient (Wildman–Crippen LogP) is 5.05. The first-order chi connectivity index (χ1) is 12.9. The van der Waals surface area contributed by atoms with E-state index in [1.54, 1.807) is 18.3 Å². The highest BCUT2D eigenvalue weighted by Crippen LogP contribution is 2.30. The number of carbonyl (C=O) groups excluding carboxylic acids is 1. The second-order valence-electron chi connectivity index (χ2n) is 7.52. The van der Waals surface area contributed by atoms with Crippen LogP contribution in [0.3, 0.4) is 0 Å². The predicted molar refractivity (Wildman–Crippen MR) is 110 cm³/mol. The van der Waals surface area contributed by atoms with Crippen molar-refractivity contribution in [1.29, 1.82) is 0 Å². The number of carbonyl (C=O) groups is 1. The molecule has 4 nitrogen and oxygen atoms in total. The summed E-state index contributed by atoms with van der Waals surface area (Å²) in [5, 5.41) is 6.30. The number of hydrogen-bond acceptors (Lipinski definition) is 3. The Morgan fingerprint density at radius 2 is 1.67 bits per heavy atom. The van der Waals surface area contributed by atoms with Gasteiger partial charge in [0.1, 0.15) is 5.82 Å². The van der Waals surface area contributed by atoms with E-state index in [9.17, 15) is 4.79 Å². The van der Waals surface area contributed by atoms with Gasteiger partial charge < -0.3 is 10.6 Å². The molecule has 0 aliphatic carbocycles. The van der Waals surface area contributed by atoms with Gasteiger partial charge in [-0.15, -0.1) is 0 Å². The number of aromatic nitrogens is 1. The maximum atomic E-state index is 12.5. The van der Waals surface area contributed by atoms with Gasteiger partial charge in [-0.1, -0.05) is 69.3 Å². The Labute approximate surface area is 160 Å². The fraction of sp³-hybridized carbons (Fsp3) is 0.217. The number of benzene rings is 2. The van der Waals surface area contributed by atoms with E-state index in [2.05, 4.69) is 42.5 Å². The molecule has 0 spiro atoms. The van der Waals surface area contributed by atoms with Gasteiger partial charge in [0.2, 0.25) is 0 Å². The molecule has 2 aromatic carbocycles. The molecule has 2 N–H and O–H groups in total. The van der Waals surface area contributed by atoms with E-state index in [-0.39, 0.29) is 11.3 Å². The topological polar surface area (TPSA) is 54.0 Å². The minimum Gasteiger partial charge on any atom is -0.348 e. The molecule has 1 aromatic heterocycles. The molecule has 0 radical (unpaired) electrons. The number of nitrogens with one attached hydrogen (secondary N) is 2. The Kier molecular flexibility index (Phi) is 5.55. The van der Waals surface area contributed by atoms with Crippen molar-refractivity contribution >= 4 is 17.4 Å².